The quantitative estimate of drug-likeness (QED) is 0.563. The van der Waals surface area contributed by atoms with Crippen LogP contribution in [-0.4, -0.2) is 16.1 Å². The van der Waals surface area contributed by atoms with Crippen LogP contribution in [0.3, 0.4) is 0 Å². The summed E-state index contributed by atoms with van der Waals surface area (Å²) in [6, 6.07) is 20.8. The molecule has 4 heteroatoms. The zero-order valence-electron chi connectivity index (χ0n) is 13.6. The van der Waals surface area contributed by atoms with Crippen LogP contribution in [0.1, 0.15) is 15.9 Å². The Morgan fingerprint density at radius 1 is 0.920 bits per heavy atom. The highest BCUT2D eigenvalue weighted by Crippen LogP contribution is 2.29. The predicted octanol–water partition coefficient (Wildman–Crippen LogP) is 5.17. The summed E-state index contributed by atoms with van der Waals surface area (Å²) in [4.78, 5) is 15.7. The van der Waals surface area contributed by atoms with Crippen LogP contribution in [0.2, 0.25) is 0 Å². The van der Waals surface area contributed by atoms with Crippen molar-refractivity contribution in [3.63, 3.8) is 0 Å². The third kappa shape index (κ3) is 2.90. The van der Waals surface area contributed by atoms with E-state index in [1.807, 2.05) is 18.2 Å². The number of aromatic carboxylic acids is 1. The first-order valence-electron chi connectivity index (χ1n) is 7.91. The van der Waals surface area contributed by atoms with Crippen LogP contribution in [0, 0.1) is 6.92 Å². The third-order valence-electron chi connectivity index (χ3n) is 4.13. The molecule has 0 spiro atoms. The number of carboxylic acid groups (broad SMARTS) is 1. The van der Waals surface area contributed by atoms with E-state index in [4.69, 9.17) is 9.52 Å². The van der Waals surface area contributed by atoms with Gasteiger partial charge in [0, 0.05) is 5.56 Å². The van der Waals surface area contributed by atoms with Crippen molar-refractivity contribution in [1.29, 1.82) is 0 Å². The lowest BCUT2D eigenvalue weighted by Gasteiger charge is -2.01. The summed E-state index contributed by atoms with van der Waals surface area (Å²) < 4.78 is 5.79. The van der Waals surface area contributed by atoms with Crippen molar-refractivity contribution in [2.45, 2.75) is 6.92 Å². The molecule has 0 aliphatic carbocycles. The van der Waals surface area contributed by atoms with Gasteiger partial charge in [0.2, 0.25) is 5.89 Å². The molecule has 0 radical (unpaired) electrons. The maximum atomic E-state index is 11.1. The Hall–Kier alpha value is -3.40. The fourth-order valence-electron chi connectivity index (χ4n) is 2.76. The fourth-order valence-corrected chi connectivity index (χ4v) is 2.76. The number of aromatic nitrogens is 1. The largest absolute Gasteiger partial charge is 0.478 e. The average Bonchev–Trinajstić information content (AvgIpc) is 3.06. The lowest BCUT2D eigenvalue weighted by Crippen LogP contribution is -1.95. The molecule has 0 saturated carbocycles. The van der Waals surface area contributed by atoms with Gasteiger partial charge in [-0.05, 0) is 48.4 Å². The second-order valence-corrected chi connectivity index (χ2v) is 5.95. The predicted molar refractivity (Wildman–Crippen MR) is 96.6 cm³/mol. The average molecular weight is 329 g/mol. The van der Waals surface area contributed by atoms with Crippen molar-refractivity contribution < 1.29 is 14.3 Å². The number of rotatable bonds is 3. The van der Waals surface area contributed by atoms with E-state index < -0.39 is 5.97 Å². The molecule has 0 aliphatic heterocycles. The number of hydrogen-bond acceptors (Lipinski definition) is 3. The number of oxazole rings is 1. The Morgan fingerprint density at radius 3 is 2.44 bits per heavy atom. The van der Waals surface area contributed by atoms with E-state index in [2.05, 4.69) is 36.2 Å². The smallest absolute Gasteiger partial charge is 0.335 e. The fraction of sp³-hybridized carbons (Fsp3) is 0.0476. The van der Waals surface area contributed by atoms with Gasteiger partial charge in [-0.2, -0.15) is 0 Å². The molecule has 0 unspecified atom stereocenters. The Morgan fingerprint density at radius 2 is 1.68 bits per heavy atom. The van der Waals surface area contributed by atoms with Gasteiger partial charge in [-0.15, -0.1) is 0 Å². The molecule has 0 amide bonds. The minimum Gasteiger partial charge on any atom is -0.478 e. The van der Waals surface area contributed by atoms with Gasteiger partial charge >= 0.3 is 5.97 Å². The first-order chi connectivity index (χ1) is 12.1. The molecule has 25 heavy (non-hydrogen) atoms. The van der Waals surface area contributed by atoms with Crippen molar-refractivity contribution in [2.75, 3.05) is 0 Å². The van der Waals surface area contributed by atoms with E-state index in [0.29, 0.717) is 17.0 Å². The maximum absolute atomic E-state index is 11.1. The van der Waals surface area contributed by atoms with E-state index in [0.717, 1.165) is 16.6 Å². The molecule has 4 aromatic rings. The van der Waals surface area contributed by atoms with Gasteiger partial charge in [0.15, 0.2) is 5.58 Å². The number of nitrogens with zero attached hydrogens (tertiary/aromatic N) is 1. The van der Waals surface area contributed by atoms with Gasteiger partial charge in [-0.25, -0.2) is 9.78 Å². The van der Waals surface area contributed by atoms with Crippen LogP contribution in [0.15, 0.2) is 71.1 Å². The Labute approximate surface area is 144 Å². The topological polar surface area (TPSA) is 63.3 Å². The van der Waals surface area contributed by atoms with E-state index in [1.54, 1.807) is 24.3 Å². The van der Waals surface area contributed by atoms with Crippen LogP contribution in [0.5, 0.6) is 0 Å². The molecule has 0 bridgehead atoms. The van der Waals surface area contributed by atoms with E-state index in [1.165, 1.54) is 5.56 Å². The first kappa shape index (κ1) is 15.1. The minimum absolute atomic E-state index is 0.208. The molecule has 1 aromatic heterocycles. The van der Waals surface area contributed by atoms with Crippen molar-refractivity contribution >= 4 is 17.1 Å². The van der Waals surface area contributed by atoms with E-state index in [-0.39, 0.29) is 5.56 Å². The van der Waals surface area contributed by atoms with Gasteiger partial charge in [0.25, 0.3) is 0 Å². The zero-order valence-corrected chi connectivity index (χ0v) is 13.6. The molecule has 0 aliphatic rings. The van der Waals surface area contributed by atoms with Crippen LogP contribution in [0.4, 0.5) is 0 Å². The highest BCUT2D eigenvalue weighted by atomic mass is 16.4. The van der Waals surface area contributed by atoms with Crippen molar-refractivity contribution in [3.05, 3.63) is 77.9 Å². The molecular formula is C21H15NO3. The second-order valence-electron chi connectivity index (χ2n) is 5.95. The molecular weight excluding hydrogens is 314 g/mol. The third-order valence-corrected chi connectivity index (χ3v) is 4.13. The number of aryl methyl sites for hydroxylation is 1. The lowest BCUT2D eigenvalue weighted by atomic mass is 10.0. The molecule has 1 N–H and O–H groups in total. The Bertz CT molecular complexity index is 1080. The summed E-state index contributed by atoms with van der Waals surface area (Å²) in [6.07, 6.45) is 0. The molecule has 3 aromatic carbocycles. The molecule has 0 atom stereocenters. The molecule has 122 valence electrons. The van der Waals surface area contributed by atoms with Crippen LogP contribution in [-0.2, 0) is 0 Å². The highest BCUT2D eigenvalue weighted by Gasteiger charge is 2.11. The maximum Gasteiger partial charge on any atom is 0.335 e. The highest BCUT2D eigenvalue weighted by molar-refractivity contribution is 5.89. The van der Waals surface area contributed by atoms with Crippen LogP contribution < -0.4 is 0 Å². The van der Waals surface area contributed by atoms with Crippen molar-refractivity contribution in [1.82, 2.24) is 4.98 Å². The van der Waals surface area contributed by atoms with Gasteiger partial charge in [0.05, 0.1) is 5.56 Å². The normalized spacial score (nSPS) is 10.9. The minimum atomic E-state index is -0.973. The number of carboxylic acids is 1. The molecule has 1 heterocycles. The van der Waals surface area contributed by atoms with Crippen LogP contribution in [0.25, 0.3) is 33.7 Å². The first-order valence-corrected chi connectivity index (χ1v) is 7.91. The number of carbonyl (C=O) groups is 1. The van der Waals surface area contributed by atoms with E-state index >= 15 is 0 Å². The van der Waals surface area contributed by atoms with Crippen molar-refractivity contribution in [3.8, 4) is 22.6 Å². The SMILES string of the molecule is Cc1ccc(-c2ccc3oc(-c4cccc(C(=O)O)c4)nc3c2)cc1. The Kier molecular flexibility index (Phi) is 3.58. The summed E-state index contributed by atoms with van der Waals surface area (Å²) in [5, 5.41) is 9.13. The summed E-state index contributed by atoms with van der Waals surface area (Å²) in [7, 11) is 0. The summed E-state index contributed by atoms with van der Waals surface area (Å²) in [6.45, 7) is 2.06. The molecule has 0 fully saturated rings. The number of benzene rings is 3. The van der Waals surface area contributed by atoms with Gasteiger partial charge < -0.3 is 9.52 Å². The number of fused-ring (bicyclic) bond motifs is 1. The standard InChI is InChI=1S/C21H15NO3/c1-13-5-7-14(8-6-13)15-9-10-19-18(12-15)22-20(25-19)16-3-2-4-17(11-16)21(23)24/h2-12H,1H3,(H,23,24). The van der Waals surface area contributed by atoms with Gasteiger partial charge in [0.1, 0.15) is 5.52 Å². The second kappa shape index (κ2) is 5.91. The van der Waals surface area contributed by atoms with Crippen molar-refractivity contribution in [2.24, 2.45) is 0 Å². The van der Waals surface area contributed by atoms with Gasteiger partial charge in [-0.3, -0.25) is 0 Å². The molecule has 4 rings (SSSR count). The number of hydrogen-bond donors (Lipinski definition) is 1. The summed E-state index contributed by atoms with van der Waals surface area (Å²) in [5.74, 6) is -0.557. The monoisotopic (exact) mass is 329 g/mol. The zero-order chi connectivity index (χ0) is 17.4. The van der Waals surface area contributed by atoms with Crippen LogP contribution >= 0.6 is 0 Å². The van der Waals surface area contributed by atoms with E-state index in [9.17, 15) is 4.79 Å². The Balaban J connectivity index is 1.77. The lowest BCUT2D eigenvalue weighted by molar-refractivity contribution is 0.0697. The summed E-state index contributed by atoms with van der Waals surface area (Å²) >= 11 is 0. The molecule has 0 saturated heterocycles. The molecule has 4 nitrogen and oxygen atoms in total. The van der Waals surface area contributed by atoms with Gasteiger partial charge in [-0.1, -0.05) is 42.0 Å². The summed E-state index contributed by atoms with van der Waals surface area (Å²) in [5.41, 5.74) is 5.66.